The van der Waals surface area contributed by atoms with Crippen LogP contribution in [0.1, 0.15) is 328 Å². The van der Waals surface area contributed by atoms with Gasteiger partial charge in [0, 0.05) is 12.8 Å². The second-order valence-corrected chi connectivity index (χ2v) is 25.6. The molecule has 0 aliphatic carbocycles. The Morgan fingerprint density at radius 1 is 0.405 bits per heavy atom. The number of nitrogens with zero attached hydrogens (tertiary/aromatic N) is 1. The number of phosphoric ester groups is 1. The van der Waals surface area contributed by atoms with Crippen LogP contribution < -0.4 is 0 Å². The first-order chi connectivity index (χ1) is 38.5. The van der Waals surface area contributed by atoms with Crippen molar-refractivity contribution in [3.05, 3.63) is 48.6 Å². The van der Waals surface area contributed by atoms with E-state index in [2.05, 4.69) is 62.5 Å². The number of rotatable bonds is 63. The van der Waals surface area contributed by atoms with E-state index in [9.17, 15) is 19.0 Å². The lowest BCUT2D eigenvalue weighted by Gasteiger charge is -2.24. The Hall–Kier alpha value is -2.03. The molecule has 0 amide bonds. The molecule has 0 aromatic carbocycles. The van der Waals surface area contributed by atoms with Gasteiger partial charge in [-0.3, -0.25) is 18.6 Å². The molecule has 1 N–H and O–H groups in total. The summed E-state index contributed by atoms with van der Waals surface area (Å²) in [7, 11) is 1.50. The van der Waals surface area contributed by atoms with Gasteiger partial charge in [0.15, 0.2) is 6.10 Å². The fourth-order valence-electron chi connectivity index (χ4n) is 9.95. The number of unbranched alkanes of at least 4 members (excludes halogenated alkanes) is 41. The average molecular weight is 1130 g/mol. The molecule has 2 unspecified atom stereocenters. The smallest absolute Gasteiger partial charge is 0.462 e. The number of phosphoric acid groups is 1. The van der Waals surface area contributed by atoms with Gasteiger partial charge in [-0.25, -0.2) is 4.57 Å². The highest BCUT2D eigenvalue weighted by atomic mass is 31.2. The molecule has 0 spiro atoms. The van der Waals surface area contributed by atoms with Crippen molar-refractivity contribution >= 4 is 19.8 Å². The lowest BCUT2D eigenvalue weighted by Crippen LogP contribution is -2.37. The average Bonchev–Trinajstić information content (AvgIpc) is 3.41. The quantitative estimate of drug-likeness (QED) is 0.0211. The minimum atomic E-state index is -4.39. The monoisotopic (exact) mass is 1130 g/mol. The highest BCUT2D eigenvalue weighted by molar-refractivity contribution is 7.47. The molecular weight excluding hydrogens is 1000 g/mol. The zero-order valence-corrected chi connectivity index (χ0v) is 53.8. The predicted octanol–water partition coefficient (Wildman–Crippen LogP) is 21.7. The number of allylic oxidation sites excluding steroid dienone is 8. The van der Waals surface area contributed by atoms with Crippen molar-refractivity contribution in [1.29, 1.82) is 0 Å². The van der Waals surface area contributed by atoms with Crippen molar-refractivity contribution < 1.29 is 42.1 Å². The maximum absolute atomic E-state index is 12.9. The SMILES string of the molecule is CC/C=C\C/C=C\C/C=C\C/C=C\CCCCCCCCCCCCCCCCCCCCCCCCC(=O)OC(COC(=O)CCCCCCCCCCCCCCCCCCCCCC)COP(=O)(O)OCC[N+](C)(C)C. The summed E-state index contributed by atoms with van der Waals surface area (Å²) >= 11 is 0. The van der Waals surface area contributed by atoms with Crippen LogP contribution >= 0.6 is 7.82 Å². The number of carbonyl (C=O) groups excluding carboxylic acids is 2. The molecule has 0 heterocycles. The molecule has 464 valence electrons. The van der Waals surface area contributed by atoms with Gasteiger partial charge in [-0.2, -0.15) is 0 Å². The van der Waals surface area contributed by atoms with Gasteiger partial charge < -0.3 is 18.9 Å². The maximum atomic E-state index is 12.9. The van der Waals surface area contributed by atoms with E-state index in [1.807, 2.05) is 21.1 Å². The largest absolute Gasteiger partial charge is 0.472 e. The number of ether oxygens (including phenoxy) is 2. The number of hydrogen-bond acceptors (Lipinski definition) is 7. The van der Waals surface area contributed by atoms with E-state index in [-0.39, 0.29) is 25.6 Å². The highest BCUT2D eigenvalue weighted by Gasteiger charge is 2.27. The molecule has 79 heavy (non-hydrogen) atoms. The number of esters is 2. The summed E-state index contributed by atoms with van der Waals surface area (Å²) in [5.74, 6) is -0.776. The molecule has 0 aliphatic rings. The third-order valence-electron chi connectivity index (χ3n) is 15.1. The Morgan fingerprint density at radius 3 is 1.08 bits per heavy atom. The predicted molar refractivity (Wildman–Crippen MR) is 340 cm³/mol. The third kappa shape index (κ3) is 65.0. The minimum absolute atomic E-state index is 0.0348. The summed E-state index contributed by atoms with van der Waals surface area (Å²) in [5, 5.41) is 0. The van der Waals surface area contributed by atoms with Crippen LogP contribution in [0, 0.1) is 0 Å². The summed E-state index contributed by atoms with van der Waals surface area (Å²) in [6, 6.07) is 0. The summed E-state index contributed by atoms with van der Waals surface area (Å²) in [5.41, 5.74) is 0. The van der Waals surface area contributed by atoms with Crippen LogP contribution in [-0.2, 0) is 32.7 Å². The van der Waals surface area contributed by atoms with Crippen molar-refractivity contribution in [3.63, 3.8) is 0 Å². The summed E-state index contributed by atoms with van der Waals surface area (Å²) in [6.07, 6.45) is 77.9. The van der Waals surface area contributed by atoms with Crippen molar-refractivity contribution in [3.8, 4) is 0 Å². The second kappa shape index (κ2) is 60.6. The van der Waals surface area contributed by atoms with E-state index < -0.39 is 26.5 Å². The van der Waals surface area contributed by atoms with E-state index in [1.54, 1.807) is 0 Å². The fraction of sp³-hybridized carbons (Fsp3) is 0.855. The molecule has 2 atom stereocenters. The Labute approximate surface area is 490 Å². The van der Waals surface area contributed by atoms with Crippen molar-refractivity contribution in [2.75, 3.05) is 47.5 Å². The van der Waals surface area contributed by atoms with Crippen LogP contribution in [0.2, 0.25) is 0 Å². The molecule has 0 saturated heterocycles. The van der Waals surface area contributed by atoms with Gasteiger partial charge in [-0.05, 0) is 51.4 Å². The molecule has 0 fully saturated rings. The molecular formula is C69H131NO8P+. The van der Waals surface area contributed by atoms with Gasteiger partial charge in [0.2, 0.25) is 0 Å². The zero-order valence-electron chi connectivity index (χ0n) is 52.9. The molecule has 10 heteroatoms. The fourth-order valence-corrected chi connectivity index (χ4v) is 10.7. The minimum Gasteiger partial charge on any atom is -0.462 e. The van der Waals surface area contributed by atoms with Crippen molar-refractivity contribution in [1.82, 2.24) is 0 Å². The first-order valence-electron chi connectivity index (χ1n) is 33.9. The van der Waals surface area contributed by atoms with Gasteiger partial charge in [0.1, 0.15) is 19.8 Å². The van der Waals surface area contributed by atoms with Gasteiger partial charge >= 0.3 is 19.8 Å². The molecule has 9 nitrogen and oxygen atoms in total. The normalized spacial score (nSPS) is 13.4. The van der Waals surface area contributed by atoms with E-state index in [0.717, 1.165) is 57.8 Å². The van der Waals surface area contributed by atoms with Crippen LogP contribution in [0.5, 0.6) is 0 Å². The van der Waals surface area contributed by atoms with Crippen LogP contribution in [0.25, 0.3) is 0 Å². The highest BCUT2D eigenvalue weighted by Crippen LogP contribution is 2.43. The first-order valence-corrected chi connectivity index (χ1v) is 35.4. The molecule has 0 aliphatic heterocycles. The van der Waals surface area contributed by atoms with Crippen LogP contribution in [0.15, 0.2) is 48.6 Å². The number of carbonyl (C=O) groups is 2. The van der Waals surface area contributed by atoms with E-state index in [0.29, 0.717) is 23.9 Å². The molecule has 0 bridgehead atoms. The second-order valence-electron chi connectivity index (χ2n) is 24.2. The summed E-state index contributed by atoms with van der Waals surface area (Å²) in [6.45, 7) is 4.39. The molecule has 0 aromatic heterocycles. The Morgan fingerprint density at radius 2 is 0.722 bits per heavy atom. The summed E-state index contributed by atoms with van der Waals surface area (Å²) in [4.78, 5) is 35.8. The van der Waals surface area contributed by atoms with Crippen LogP contribution in [0.4, 0.5) is 0 Å². The van der Waals surface area contributed by atoms with Gasteiger partial charge in [-0.1, -0.05) is 313 Å². The van der Waals surface area contributed by atoms with E-state index in [1.165, 1.54) is 238 Å². The van der Waals surface area contributed by atoms with Crippen LogP contribution in [-0.4, -0.2) is 74.9 Å². The Bertz CT molecular complexity index is 1470. The Kier molecular flexibility index (Phi) is 59.0. The topological polar surface area (TPSA) is 108 Å². The number of hydrogen-bond donors (Lipinski definition) is 1. The molecule has 0 aromatic rings. The van der Waals surface area contributed by atoms with Crippen molar-refractivity contribution in [2.45, 2.75) is 335 Å². The van der Waals surface area contributed by atoms with Crippen LogP contribution in [0.3, 0.4) is 0 Å². The van der Waals surface area contributed by atoms with Gasteiger partial charge in [0.05, 0.1) is 27.7 Å². The maximum Gasteiger partial charge on any atom is 0.472 e. The molecule has 0 saturated carbocycles. The first kappa shape index (κ1) is 77.0. The van der Waals surface area contributed by atoms with Crippen molar-refractivity contribution in [2.24, 2.45) is 0 Å². The molecule has 0 rings (SSSR count). The summed E-state index contributed by atoms with van der Waals surface area (Å²) < 4.78 is 34.7. The third-order valence-corrected chi connectivity index (χ3v) is 16.1. The standard InChI is InChI=1S/C69H130NO8P/c1-6-8-10-12-14-16-18-20-22-24-26-28-29-30-31-32-33-34-35-36-37-38-39-40-41-42-44-46-48-50-52-54-56-58-60-62-69(72)78-67(66-77-79(73,74)76-64-63-70(3,4)5)65-75-68(71)61-59-57-55-53-51-49-47-45-43-27-25-23-21-19-17-15-13-11-9-7-2/h8,10,14,16,20,22,26,28,67H,6-7,9,11-13,15,17-19,21,23-25,27,29-66H2,1-5H3/p+1/b10-8-,16-14-,22-20-,28-26-. The van der Waals surface area contributed by atoms with Gasteiger partial charge in [0.25, 0.3) is 0 Å². The molecule has 0 radical (unpaired) electrons. The Balaban J connectivity index is 3.97. The lowest BCUT2D eigenvalue weighted by atomic mass is 10.0. The number of likely N-dealkylation sites (N-methyl/N-ethyl adjacent to an activating group) is 1. The zero-order chi connectivity index (χ0) is 57.7. The number of quaternary nitrogens is 1. The van der Waals surface area contributed by atoms with Gasteiger partial charge in [-0.15, -0.1) is 0 Å². The van der Waals surface area contributed by atoms with E-state index >= 15 is 0 Å². The van der Waals surface area contributed by atoms with E-state index in [4.69, 9.17) is 18.5 Å². The lowest BCUT2D eigenvalue weighted by molar-refractivity contribution is -0.870.